The fourth-order valence-electron chi connectivity index (χ4n) is 1.00. The second-order valence-corrected chi connectivity index (χ2v) is 3.09. The zero-order chi connectivity index (χ0) is 9.40. The van der Waals surface area contributed by atoms with Crippen molar-refractivity contribution in [3.8, 4) is 0 Å². The predicted molar refractivity (Wildman–Crippen MR) is 50.1 cm³/mol. The maximum absolute atomic E-state index is 10.4. The monoisotopic (exact) mass is 170 g/mol. The van der Waals surface area contributed by atoms with E-state index in [-0.39, 0.29) is 5.92 Å². The summed E-state index contributed by atoms with van der Waals surface area (Å²) in [5, 5.41) is 8.57. The maximum atomic E-state index is 10.4. The first-order valence-corrected chi connectivity index (χ1v) is 4.52. The van der Waals surface area contributed by atoms with Gasteiger partial charge in [-0.1, -0.05) is 25.5 Å². The van der Waals surface area contributed by atoms with Crippen LogP contribution >= 0.6 is 0 Å². The third kappa shape index (κ3) is 5.96. The van der Waals surface area contributed by atoms with E-state index in [4.69, 9.17) is 5.11 Å². The Balaban J connectivity index is 3.25. The Labute approximate surface area is 74.3 Å². The van der Waals surface area contributed by atoms with Gasteiger partial charge in [-0.25, -0.2) is 0 Å². The van der Waals surface area contributed by atoms with Crippen LogP contribution in [0.25, 0.3) is 0 Å². The van der Waals surface area contributed by atoms with Crippen LogP contribution in [-0.2, 0) is 4.79 Å². The maximum Gasteiger partial charge on any atom is 0.306 e. The van der Waals surface area contributed by atoms with E-state index in [1.165, 1.54) is 0 Å². The van der Waals surface area contributed by atoms with E-state index in [1.54, 1.807) is 6.92 Å². The Morgan fingerprint density at radius 3 is 2.67 bits per heavy atom. The van der Waals surface area contributed by atoms with Gasteiger partial charge in [0.05, 0.1) is 5.92 Å². The van der Waals surface area contributed by atoms with Gasteiger partial charge in [0.2, 0.25) is 0 Å². The number of unbranched alkanes of at least 4 members (excludes halogenated alkanes) is 2. The van der Waals surface area contributed by atoms with Crippen molar-refractivity contribution in [2.24, 2.45) is 5.92 Å². The fourth-order valence-corrected chi connectivity index (χ4v) is 1.00. The molecule has 0 aromatic rings. The molecule has 0 aromatic carbocycles. The minimum absolute atomic E-state index is 0.185. The molecule has 0 fully saturated rings. The molecule has 0 aliphatic heterocycles. The molecule has 0 saturated heterocycles. The van der Waals surface area contributed by atoms with Gasteiger partial charge < -0.3 is 5.11 Å². The van der Waals surface area contributed by atoms with E-state index in [0.717, 1.165) is 25.7 Å². The highest BCUT2D eigenvalue weighted by Crippen LogP contribution is 2.09. The second kappa shape index (κ2) is 6.89. The molecule has 0 rings (SSSR count). The number of carbonyl (C=O) groups is 1. The smallest absolute Gasteiger partial charge is 0.306 e. The van der Waals surface area contributed by atoms with Gasteiger partial charge in [0.25, 0.3) is 0 Å². The van der Waals surface area contributed by atoms with Crippen LogP contribution < -0.4 is 0 Å². The summed E-state index contributed by atoms with van der Waals surface area (Å²) < 4.78 is 0. The van der Waals surface area contributed by atoms with E-state index in [2.05, 4.69) is 6.08 Å². The molecule has 2 nitrogen and oxygen atoms in total. The van der Waals surface area contributed by atoms with Crippen molar-refractivity contribution in [2.45, 2.75) is 39.5 Å². The number of hydrogen-bond donors (Lipinski definition) is 1. The lowest BCUT2D eigenvalue weighted by Gasteiger charge is -2.03. The van der Waals surface area contributed by atoms with Crippen molar-refractivity contribution in [2.75, 3.05) is 0 Å². The highest BCUT2D eigenvalue weighted by Gasteiger charge is 2.08. The number of hydrogen-bond acceptors (Lipinski definition) is 1. The van der Waals surface area contributed by atoms with Crippen molar-refractivity contribution in [3.05, 3.63) is 12.2 Å². The SMILES string of the molecule is C/C=C\CCCCC(C)C(=O)O. The van der Waals surface area contributed by atoms with Gasteiger partial charge in [-0.15, -0.1) is 0 Å². The number of carboxylic acid groups (broad SMARTS) is 1. The molecule has 0 radical (unpaired) electrons. The molecule has 12 heavy (non-hydrogen) atoms. The van der Waals surface area contributed by atoms with Gasteiger partial charge in [-0.05, 0) is 26.2 Å². The van der Waals surface area contributed by atoms with Crippen molar-refractivity contribution in [3.63, 3.8) is 0 Å². The molecule has 0 aliphatic rings. The van der Waals surface area contributed by atoms with Crippen LogP contribution in [0.1, 0.15) is 39.5 Å². The Kier molecular flexibility index (Phi) is 6.44. The van der Waals surface area contributed by atoms with Gasteiger partial charge in [0.1, 0.15) is 0 Å². The number of rotatable bonds is 6. The summed E-state index contributed by atoms with van der Waals surface area (Å²) in [6.45, 7) is 3.76. The largest absolute Gasteiger partial charge is 0.481 e. The Hall–Kier alpha value is -0.790. The third-order valence-electron chi connectivity index (χ3n) is 1.92. The van der Waals surface area contributed by atoms with Crippen molar-refractivity contribution >= 4 is 5.97 Å². The highest BCUT2D eigenvalue weighted by molar-refractivity contribution is 5.69. The summed E-state index contributed by atoms with van der Waals surface area (Å²) in [5.41, 5.74) is 0. The zero-order valence-corrected chi connectivity index (χ0v) is 7.92. The van der Waals surface area contributed by atoms with Crippen molar-refractivity contribution in [1.82, 2.24) is 0 Å². The molecule has 0 spiro atoms. The van der Waals surface area contributed by atoms with Crippen LogP contribution in [0, 0.1) is 5.92 Å². The van der Waals surface area contributed by atoms with Gasteiger partial charge in [0, 0.05) is 0 Å². The molecule has 0 bridgehead atoms. The van der Waals surface area contributed by atoms with E-state index < -0.39 is 5.97 Å². The van der Waals surface area contributed by atoms with Crippen molar-refractivity contribution in [1.29, 1.82) is 0 Å². The van der Waals surface area contributed by atoms with Crippen LogP contribution in [0.5, 0.6) is 0 Å². The lowest BCUT2D eigenvalue weighted by molar-refractivity contribution is -0.141. The van der Waals surface area contributed by atoms with Gasteiger partial charge in [-0.3, -0.25) is 4.79 Å². The van der Waals surface area contributed by atoms with Crippen LogP contribution in [-0.4, -0.2) is 11.1 Å². The predicted octanol–water partition coefficient (Wildman–Crippen LogP) is 2.84. The van der Waals surface area contributed by atoms with Crippen LogP contribution in [0.15, 0.2) is 12.2 Å². The zero-order valence-electron chi connectivity index (χ0n) is 7.92. The number of allylic oxidation sites excluding steroid dienone is 2. The van der Waals surface area contributed by atoms with Crippen LogP contribution in [0.2, 0.25) is 0 Å². The molecule has 2 heteroatoms. The van der Waals surface area contributed by atoms with E-state index in [1.807, 2.05) is 13.0 Å². The van der Waals surface area contributed by atoms with Crippen LogP contribution in [0.4, 0.5) is 0 Å². The lowest BCUT2D eigenvalue weighted by Crippen LogP contribution is -2.08. The van der Waals surface area contributed by atoms with Crippen molar-refractivity contribution < 1.29 is 9.90 Å². The molecule has 1 N–H and O–H groups in total. The molecule has 1 unspecified atom stereocenters. The third-order valence-corrected chi connectivity index (χ3v) is 1.92. The van der Waals surface area contributed by atoms with E-state index in [9.17, 15) is 4.79 Å². The first-order valence-electron chi connectivity index (χ1n) is 4.52. The van der Waals surface area contributed by atoms with Crippen LogP contribution in [0.3, 0.4) is 0 Å². The topological polar surface area (TPSA) is 37.3 Å². The summed E-state index contributed by atoms with van der Waals surface area (Å²) in [5.74, 6) is -0.864. The number of carboxylic acids is 1. The summed E-state index contributed by atoms with van der Waals surface area (Å²) in [6.07, 6.45) is 8.13. The molecule has 1 atom stereocenters. The minimum Gasteiger partial charge on any atom is -0.481 e. The Morgan fingerprint density at radius 1 is 1.50 bits per heavy atom. The number of aliphatic carboxylic acids is 1. The second-order valence-electron chi connectivity index (χ2n) is 3.09. The van der Waals surface area contributed by atoms with Gasteiger partial charge in [0.15, 0.2) is 0 Å². The highest BCUT2D eigenvalue weighted by atomic mass is 16.4. The normalized spacial score (nSPS) is 13.5. The molecular formula is C10H18O2. The summed E-state index contributed by atoms with van der Waals surface area (Å²) >= 11 is 0. The molecule has 70 valence electrons. The summed E-state index contributed by atoms with van der Waals surface area (Å²) in [7, 11) is 0. The molecule has 0 aromatic heterocycles. The average Bonchev–Trinajstić information content (AvgIpc) is 2.03. The summed E-state index contributed by atoms with van der Waals surface area (Å²) in [6, 6.07) is 0. The first kappa shape index (κ1) is 11.2. The molecule has 0 amide bonds. The standard InChI is InChI=1S/C10H18O2/c1-3-4-5-6-7-8-9(2)10(11)12/h3-4,9H,5-8H2,1-2H3,(H,11,12)/b4-3-. The molecule has 0 heterocycles. The Morgan fingerprint density at radius 2 is 2.17 bits per heavy atom. The van der Waals surface area contributed by atoms with E-state index >= 15 is 0 Å². The molecular weight excluding hydrogens is 152 g/mol. The first-order chi connectivity index (χ1) is 5.68. The molecule has 0 saturated carbocycles. The minimum atomic E-state index is -0.680. The Bertz CT molecular complexity index is 150. The fraction of sp³-hybridized carbons (Fsp3) is 0.700. The lowest BCUT2D eigenvalue weighted by atomic mass is 10.0. The average molecular weight is 170 g/mol. The van der Waals surface area contributed by atoms with Gasteiger partial charge >= 0.3 is 5.97 Å². The molecule has 0 aliphatic carbocycles. The van der Waals surface area contributed by atoms with Gasteiger partial charge in [-0.2, -0.15) is 0 Å². The summed E-state index contributed by atoms with van der Waals surface area (Å²) in [4.78, 5) is 10.4. The van der Waals surface area contributed by atoms with E-state index in [0.29, 0.717) is 0 Å². The quantitative estimate of drug-likeness (QED) is 0.491.